The van der Waals surface area contributed by atoms with E-state index in [1.165, 1.54) is 34.2 Å². The van der Waals surface area contributed by atoms with Crippen LogP contribution < -0.4 is 10.1 Å². The standard InChI is InChI=1S/C32H33ClFN3O8/c1-18(14-27(39)40)45-26-5-3-2-4-22(26)19-6-7-23(24(34)15-19)30(42)36-11-8-21(9-12-36)37-25-16-20(33)17-35-28(25)29(41)32(44,10-13-38)31(37)43/h2-7,15-18,21,35,38,41,44H,8-14H2,1H3,(H,39,40)/t18-,32?/m1/s1. The number of carboxylic acids is 1. The molecule has 3 aliphatic heterocycles. The van der Waals surface area contributed by atoms with Gasteiger partial charge in [-0.2, -0.15) is 0 Å². The number of ether oxygens (including phenoxy) is 1. The molecule has 1 unspecified atom stereocenters. The number of aliphatic carboxylic acids is 1. The normalized spacial score (nSPS) is 21.0. The molecule has 0 bridgehead atoms. The van der Waals surface area contributed by atoms with Crippen molar-refractivity contribution in [1.82, 2.24) is 15.1 Å². The van der Waals surface area contributed by atoms with Crippen molar-refractivity contribution in [2.24, 2.45) is 0 Å². The van der Waals surface area contributed by atoms with E-state index in [-0.39, 0.29) is 41.5 Å². The number of aliphatic hydroxyl groups is 3. The molecule has 45 heavy (non-hydrogen) atoms. The fourth-order valence-electron chi connectivity index (χ4n) is 5.87. The van der Waals surface area contributed by atoms with E-state index in [2.05, 4.69) is 5.32 Å². The van der Waals surface area contributed by atoms with Crippen LogP contribution in [0, 0.1) is 5.82 Å². The molecule has 0 spiro atoms. The molecule has 1 fully saturated rings. The van der Waals surface area contributed by atoms with Gasteiger partial charge in [-0.15, -0.1) is 0 Å². The number of para-hydroxylation sites is 1. The third kappa shape index (κ3) is 6.26. The molecule has 1 saturated heterocycles. The molecule has 2 aromatic rings. The zero-order chi connectivity index (χ0) is 32.5. The van der Waals surface area contributed by atoms with Gasteiger partial charge in [0.25, 0.3) is 11.8 Å². The maximum Gasteiger partial charge on any atom is 0.307 e. The molecule has 0 saturated carbocycles. The summed E-state index contributed by atoms with van der Waals surface area (Å²) in [6.45, 7) is 1.44. The van der Waals surface area contributed by atoms with Crippen LogP contribution in [0.5, 0.6) is 5.75 Å². The summed E-state index contributed by atoms with van der Waals surface area (Å²) < 4.78 is 21.2. The van der Waals surface area contributed by atoms with Crippen LogP contribution >= 0.6 is 11.6 Å². The molecule has 0 aliphatic carbocycles. The Labute approximate surface area is 263 Å². The highest BCUT2D eigenvalue weighted by Gasteiger charge is 2.52. The number of fused-ring (bicyclic) bond motifs is 1. The molecule has 3 heterocycles. The van der Waals surface area contributed by atoms with Gasteiger partial charge < -0.3 is 40.3 Å². The summed E-state index contributed by atoms with van der Waals surface area (Å²) in [5.74, 6) is -3.31. The average Bonchev–Trinajstić information content (AvgIpc) is 3.00. The first-order chi connectivity index (χ1) is 21.4. The number of halogens is 2. The van der Waals surface area contributed by atoms with Crippen LogP contribution in [0.4, 0.5) is 4.39 Å². The highest BCUT2D eigenvalue weighted by Crippen LogP contribution is 2.40. The van der Waals surface area contributed by atoms with Gasteiger partial charge in [0.15, 0.2) is 5.76 Å². The Hall–Kier alpha value is -4.39. The molecule has 2 atom stereocenters. The number of hydrogen-bond acceptors (Lipinski definition) is 8. The third-order valence-electron chi connectivity index (χ3n) is 8.12. The minimum Gasteiger partial charge on any atom is -0.507 e. The van der Waals surface area contributed by atoms with Crippen molar-refractivity contribution in [3.8, 4) is 16.9 Å². The van der Waals surface area contributed by atoms with E-state index >= 15 is 4.39 Å². The number of carboxylic acid groups (broad SMARTS) is 1. The highest BCUT2D eigenvalue weighted by atomic mass is 35.5. The van der Waals surface area contributed by atoms with Crippen molar-refractivity contribution >= 4 is 29.4 Å². The number of amides is 2. The van der Waals surface area contributed by atoms with Crippen LogP contribution in [0.25, 0.3) is 11.1 Å². The van der Waals surface area contributed by atoms with Crippen LogP contribution in [0.2, 0.25) is 0 Å². The largest absolute Gasteiger partial charge is 0.507 e. The van der Waals surface area contributed by atoms with E-state index in [4.69, 9.17) is 21.4 Å². The van der Waals surface area contributed by atoms with Crippen molar-refractivity contribution in [3.05, 3.63) is 88.3 Å². The molecule has 11 nitrogen and oxygen atoms in total. The van der Waals surface area contributed by atoms with Gasteiger partial charge >= 0.3 is 5.97 Å². The Morgan fingerprint density at radius 2 is 1.91 bits per heavy atom. The van der Waals surface area contributed by atoms with Gasteiger partial charge in [0, 0.05) is 43.9 Å². The number of carbonyl (C=O) groups excluding carboxylic acids is 2. The lowest BCUT2D eigenvalue weighted by Crippen LogP contribution is -2.60. The van der Waals surface area contributed by atoms with Crippen molar-refractivity contribution in [2.75, 3.05) is 19.7 Å². The van der Waals surface area contributed by atoms with Crippen molar-refractivity contribution in [2.45, 2.75) is 50.4 Å². The fraction of sp³-hybridized carbons (Fsp3) is 0.344. The number of rotatable bonds is 9. The van der Waals surface area contributed by atoms with Gasteiger partial charge in [0.2, 0.25) is 5.60 Å². The number of nitrogens with one attached hydrogen (secondary N) is 1. The third-order valence-corrected chi connectivity index (χ3v) is 8.34. The molecule has 2 aromatic carbocycles. The highest BCUT2D eigenvalue weighted by molar-refractivity contribution is 6.31. The lowest BCUT2D eigenvalue weighted by atomic mass is 9.86. The second kappa shape index (κ2) is 12.9. The Bertz CT molecular complexity index is 1620. The van der Waals surface area contributed by atoms with Gasteiger partial charge in [0.1, 0.15) is 23.4 Å². The van der Waals surface area contributed by atoms with Gasteiger partial charge in [-0.3, -0.25) is 14.4 Å². The van der Waals surface area contributed by atoms with E-state index in [0.29, 0.717) is 29.7 Å². The monoisotopic (exact) mass is 641 g/mol. The van der Waals surface area contributed by atoms with Gasteiger partial charge in [0.05, 0.1) is 22.7 Å². The molecule has 5 rings (SSSR count). The van der Waals surface area contributed by atoms with Gasteiger partial charge in [-0.05, 0) is 49.6 Å². The van der Waals surface area contributed by atoms with E-state index in [0.717, 1.165) is 0 Å². The first-order valence-electron chi connectivity index (χ1n) is 14.5. The number of allylic oxidation sites excluding steroid dienone is 2. The van der Waals surface area contributed by atoms with Gasteiger partial charge in [-0.1, -0.05) is 35.9 Å². The summed E-state index contributed by atoms with van der Waals surface area (Å²) in [6.07, 6.45) is 2.22. The summed E-state index contributed by atoms with van der Waals surface area (Å²) in [4.78, 5) is 40.8. The molecule has 0 aromatic heterocycles. The first-order valence-corrected chi connectivity index (χ1v) is 14.8. The SMILES string of the molecule is C[C@H](CC(=O)O)Oc1ccccc1-c1ccc(C(=O)N2CCC(N3C(=O)C(O)(CCO)C(O)=C4NC=C(Cl)C=C43)CC2)c(F)c1. The number of aliphatic hydroxyl groups excluding tert-OH is 2. The van der Waals surface area contributed by atoms with Crippen molar-refractivity contribution in [1.29, 1.82) is 0 Å². The molecular weight excluding hydrogens is 609 g/mol. The molecule has 5 N–H and O–H groups in total. The first kappa shape index (κ1) is 32.0. The number of benzene rings is 2. The van der Waals surface area contributed by atoms with E-state index < -0.39 is 60.1 Å². The quantitative estimate of drug-likeness (QED) is 0.276. The molecule has 3 aliphatic rings. The Kier molecular flexibility index (Phi) is 9.19. The number of nitrogens with zero attached hydrogens (tertiary/aromatic N) is 2. The Morgan fingerprint density at radius 1 is 1.20 bits per heavy atom. The molecule has 13 heteroatoms. The zero-order valence-corrected chi connectivity index (χ0v) is 25.1. The lowest BCUT2D eigenvalue weighted by Gasteiger charge is -2.46. The maximum absolute atomic E-state index is 15.4. The summed E-state index contributed by atoms with van der Waals surface area (Å²) in [5, 5.41) is 43.5. The zero-order valence-electron chi connectivity index (χ0n) is 24.4. The number of piperidine rings is 1. The number of hydrogen-bond donors (Lipinski definition) is 5. The number of dihydropyridines is 1. The summed E-state index contributed by atoms with van der Waals surface area (Å²) in [6, 6.07) is 10.6. The van der Waals surface area contributed by atoms with E-state index in [9.17, 15) is 29.7 Å². The fourth-order valence-corrected chi connectivity index (χ4v) is 6.03. The molecule has 2 amide bonds. The second-order valence-corrected chi connectivity index (χ2v) is 11.6. The summed E-state index contributed by atoms with van der Waals surface area (Å²) >= 11 is 6.18. The average molecular weight is 642 g/mol. The summed E-state index contributed by atoms with van der Waals surface area (Å²) in [5.41, 5.74) is -1.12. The second-order valence-electron chi connectivity index (χ2n) is 11.2. The van der Waals surface area contributed by atoms with Crippen LogP contribution in [-0.4, -0.2) is 85.5 Å². The Morgan fingerprint density at radius 3 is 2.58 bits per heavy atom. The van der Waals surface area contributed by atoms with Crippen LogP contribution in [0.15, 0.2) is 76.9 Å². The van der Waals surface area contributed by atoms with Crippen LogP contribution in [0.1, 0.15) is 43.0 Å². The predicted octanol–water partition coefficient (Wildman–Crippen LogP) is 3.63. The molecular formula is C32H33ClFN3O8. The maximum atomic E-state index is 15.4. The topological polar surface area (TPSA) is 160 Å². The Balaban J connectivity index is 1.32. The van der Waals surface area contributed by atoms with Crippen LogP contribution in [0.3, 0.4) is 0 Å². The minimum atomic E-state index is -2.35. The summed E-state index contributed by atoms with van der Waals surface area (Å²) in [7, 11) is 0. The lowest BCUT2D eigenvalue weighted by molar-refractivity contribution is -0.154. The van der Waals surface area contributed by atoms with Gasteiger partial charge in [-0.25, -0.2) is 4.39 Å². The van der Waals surface area contributed by atoms with Crippen molar-refractivity contribution < 1.29 is 43.9 Å². The molecule has 238 valence electrons. The van der Waals surface area contributed by atoms with Crippen LogP contribution in [-0.2, 0) is 9.59 Å². The predicted molar refractivity (Wildman–Crippen MR) is 161 cm³/mol. The number of carbonyl (C=O) groups is 3. The molecule has 0 radical (unpaired) electrons. The smallest absolute Gasteiger partial charge is 0.307 e. The van der Waals surface area contributed by atoms with E-state index in [1.54, 1.807) is 37.3 Å². The minimum absolute atomic E-state index is 0.0962. The number of likely N-dealkylation sites (tertiary alicyclic amines) is 1. The van der Waals surface area contributed by atoms with E-state index in [1.807, 2.05) is 0 Å². The van der Waals surface area contributed by atoms with Crippen molar-refractivity contribution in [3.63, 3.8) is 0 Å².